The Morgan fingerprint density at radius 2 is 1.66 bits per heavy atom. The number of benzene rings is 3. The van der Waals surface area contributed by atoms with Crippen LogP contribution in [0.4, 0.5) is 0 Å². The van der Waals surface area contributed by atoms with Gasteiger partial charge in [0.05, 0.1) is 6.54 Å². The normalized spacial score (nSPS) is 12.2. The van der Waals surface area contributed by atoms with Crippen molar-refractivity contribution in [2.45, 2.75) is 33.9 Å². The van der Waals surface area contributed by atoms with Gasteiger partial charge in [-0.25, -0.2) is 0 Å². The van der Waals surface area contributed by atoms with Crippen LogP contribution in [0.2, 0.25) is 0 Å². The number of carbonyl (C=O) groups excluding carboxylic acids is 2. The zero-order valence-electron chi connectivity index (χ0n) is 22.0. The summed E-state index contributed by atoms with van der Waals surface area (Å²) in [6, 6.07) is 23.0. The lowest BCUT2D eigenvalue weighted by Crippen LogP contribution is -2.44. The molecule has 1 aromatic heterocycles. The number of furan rings is 1. The molecule has 0 aliphatic carbocycles. The van der Waals surface area contributed by atoms with Crippen molar-refractivity contribution in [1.29, 1.82) is 0 Å². The largest absolute Gasteiger partial charge is 0.464 e. The monoisotopic (exact) mass is 512 g/mol. The molecule has 0 N–H and O–H groups in total. The molecule has 7 nitrogen and oxygen atoms in total. The Kier molecular flexibility index (Phi) is 7.36. The van der Waals surface area contributed by atoms with Gasteiger partial charge in [0.1, 0.15) is 18.1 Å². The first-order chi connectivity index (χ1) is 18.4. The maximum atomic E-state index is 13.8. The van der Waals surface area contributed by atoms with Gasteiger partial charge in [0.15, 0.2) is 11.5 Å². The number of nitrogens with zero attached hydrogens (tertiary/aromatic N) is 2. The van der Waals surface area contributed by atoms with Gasteiger partial charge in [-0.1, -0.05) is 56.3 Å². The first-order valence-corrected chi connectivity index (χ1v) is 12.9. The topological polar surface area (TPSA) is 72.2 Å². The zero-order valence-corrected chi connectivity index (χ0v) is 22.0. The van der Waals surface area contributed by atoms with E-state index in [0.717, 1.165) is 22.1 Å². The van der Waals surface area contributed by atoms with Gasteiger partial charge in [0, 0.05) is 18.7 Å². The smallest absolute Gasteiger partial charge is 0.254 e. The van der Waals surface area contributed by atoms with Crippen LogP contribution in [0.25, 0.3) is 10.8 Å². The van der Waals surface area contributed by atoms with E-state index in [2.05, 4.69) is 0 Å². The van der Waals surface area contributed by atoms with Crippen LogP contribution in [0.5, 0.6) is 11.5 Å². The average Bonchev–Trinajstić information content (AvgIpc) is 3.55. The van der Waals surface area contributed by atoms with Crippen LogP contribution in [-0.4, -0.2) is 41.5 Å². The summed E-state index contributed by atoms with van der Waals surface area (Å²) in [7, 11) is 0. The van der Waals surface area contributed by atoms with Crippen molar-refractivity contribution in [2.24, 2.45) is 5.92 Å². The average molecular weight is 513 g/mol. The number of hydrogen-bond acceptors (Lipinski definition) is 5. The van der Waals surface area contributed by atoms with Crippen LogP contribution in [0.1, 0.15) is 41.3 Å². The highest BCUT2D eigenvalue weighted by atomic mass is 16.7. The summed E-state index contributed by atoms with van der Waals surface area (Å²) in [5.41, 5.74) is 1.50. The van der Waals surface area contributed by atoms with Crippen LogP contribution in [-0.2, 0) is 17.9 Å². The molecule has 0 fully saturated rings. The van der Waals surface area contributed by atoms with Gasteiger partial charge < -0.3 is 23.7 Å². The highest BCUT2D eigenvalue weighted by Crippen LogP contribution is 2.33. The Morgan fingerprint density at radius 3 is 2.45 bits per heavy atom. The molecule has 196 valence electrons. The van der Waals surface area contributed by atoms with Crippen LogP contribution >= 0.6 is 0 Å². The molecular formula is C31H32N2O5. The molecule has 2 heterocycles. The molecule has 0 atom stereocenters. The summed E-state index contributed by atoms with van der Waals surface area (Å²) in [5.74, 6) is 2.70. The third-order valence-corrected chi connectivity index (χ3v) is 6.52. The minimum atomic E-state index is -0.161. The number of fused-ring (bicyclic) bond motifs is 2. The third-order valence-electron chi connectivity index (χ3n) is 6.52. The van der Waals surface area contributed by atoms with Crippen molar-refractivity contribution in [1.82, 2.24) is 9.80 Å². The van der Waals surface area contributed by atoms with E-state index in [-0.39, 0.29) is 31.1 Å². The van der Waals surface area contributed by atoms with E-state index in [9.17, 15) is 9.59 Å². The lowest BCUT2D eigenvalue weighted by Gasteiger charge is -2.29. The van der Waals surface area contributed by atoms with Crippen LogP contribution in [0, 0.1) is 12.8 Å². The number of rotatable bonds is 9. The second-order valence-corrected chi connectivity index (χ2v) is 10.1. The summed E-state index contributed by atoms with van der Waals surface area (Å²) in [6.07, 6.45) is 0. The predicted octanol–water partition coefficient (Wildman–Crippen LogP) is 5.80. The van der Waals surface area contributed by atoms with Crippen LogP contribution in [0.3, 0.4) is 0 Å². The Bertz CT molecular complexity index is 1450. The summed E-state index contributed by atoms with van der Waals surface area (Å²) in [5, 5.41) is 1.87. The van der Waals surface area contributed by atoms with Crippen molar-refractivity contribution in [3.63, 3.8) is 0 Å². The van der Waals surface area contributed by atoms with Crippen LogP contribution in [0.15, 0.2) is 77.2 Å². The number of ether oxygens (including phenoxy) is 2. The highest BCUT2D eigenvalue weighted by molar-refractivity contribution is 6.07. The quantitative estimate of drug-likeness (QED) is 0.284. The van der Waals surface area contributed by atoms with Gasteiger partial charge in [-0.3, -0.25) is 9.59 Å². The first kappa shape index (κ1) is 25.4. The molecule has 0 unspecified atom stereocenters. The van der Waals surface area contributed by atoms with Gasteiger partial charge in [0.25, 0.3) is 5.91 Å². The van der Waals surface area contributed by atoms with Crippen molar-refractivity contribution >= 4 is 22.6 Å². The standard InChI is InChI=1S/C31H32N2O5/c1-21(2)16-33(31(35)27-10-6-8-24-7-4-5-9-26(24)27)19-30(34)32(18-25-13-11-22(3)38-25)17-23-12-14-28-29(15-23)37-20-36-28/h4-15,21H,16-20H2,1-3H3. The van der Waals surface area contributed by atoms with Gasteiger partial charge >= 0.3 is 0 Å². The minimum Gasteiger partial charge on any atom is -0.464 e. The van der Waals surface area contributed by atoms with E-state index in [1.165, 1.54) is 0 Å². The van der Waals surface area contributed by atoms with E-state index in [0.29, 0.717) is 42.5 Å². The summed E-state index contributed by atoms with van der Waals surface area (Å²) < 4.78 is 16.8. The molecular weight excluding hydrogens is 480 g/mol. The van der Waals surface area contributed by atoms with Crippen molar-refractivity contribution < 1.29 is 23.5 Å². The molecule has 0 saturated carbocycles. The molecule has 0 spiro atoms. The van der Waals surface area contributed by atoms with Crippen molar-refractivity contribution in [3.05, 3.63) is 95.4 Å². The second kappa shape index (κ2) is 11.0. The summed E-state index contributed by atoms with van der Waals surface area (Å²) in [4.78, 5) is 31.0. The molecule has 0 radical (unpaired) electrons. The number of aryl methyl sites for hydroxylation is 1. The molecule has 5 rings (SSSR count). The molecule has 2 amide bonds. The molecule has 3 aromatic carbocycles. The molecule has 0 saturated heterocycles. The van der Waals surface area contributed by atoms with E-state index in [1.54, 1.807) is 9.80 Å². The number of carbonyl (C=O) groups is 2. The fraction of sp³-hybridized carbons (Fsp3) is 0.290. The van der Waals surface area contributed by atoms with E-state index in [4.69, 9.17) is 13.9 Å². The summed E-state index contributed by atoms with van der Waals surface area (Å²) in [6.45, 7) is 7.21. The van der Waals surface area contributed by atoms with E-state index in [1.807, 2.05) is 93.6 Å². The fourth-order valence-corrected chi connectivity index (χ4v) is 4.76. The lowest BCUT2D eigenvalue weighted by atomic mass is 10.0. The van der Waals surface area contributed by atoms with Gasteiger partial charge in [-0.15, -0.1) is 0 Å². The predicted molar refractivity (Wildman–Crippen MR) is 145 cm³/mol. The molecule has 1 aliphatic heterocycles. The molecule has 1 aliphatic rings. The van der Waals surface area contributed by atoms with Crippen LogP contribution < -0.4 is 9.47 Å². The maximum absolute atomic E-state index is 13.8. The zero-order chi connectivity index (χ0) is 26.6. The number of hydrogen-bond donors (Lipinski definition) is 0. The van der Waals surface area contributed by atoms with Gasteiger partial charge in [-0.2, -0.15) is 0 Å². The molecule has 0 bridgehead atoms. The SMILES string of the molecule is Cc1ccc(CN(Cc2ccc3c(c2)OCO3)C(=O)CN(CC(C)C)C(=O)c2cccc3ccccc23)o1. The second-order valence-electron chi connectivity index (χ2n) is 10.1. The minimum absolute atomic E-state index is 0.0372. The molecule has 7 heteroatoms. The third kappa shape index (κ3) is 5.67. The van der Waals surface area contributed by atoms with Gasteiger partial charge in [-0.05, 0) is 59.5 Å². The number of amides is 2. The van der Waals surface area contributed by atoms with Crippen molar-refractivity contribution in [3.8, 4) is 11.5 Å². The Morgan fingerprint density at radius 1 is 0.868 bits per heavy atom. The van der Waals surface area contributed by atoms with E-state index >= 15 is 0 Å². The lowest BCUT2D eigenvalue weighted by molar-refractivity contribution is -0.133. The van der Waals surface area contributed by atoms with Crippen molar-refractivity contribution in [2.75, 3.05) is 19.9 Å². The fourth-order valence-electron chi connectivity index (χ4n) is 4.76. The summed E-state index contributed by atoms with van der Waals surface area (Å²) >= 11 is 0. The Labute approximate surface area is 222 Å². The first-order valence-electron chi connectivity index (χ1n) is 12.9. The highest BCUT2D eigenvalue weighted by Gasteiger charge is 2.25. The van der Waals surface area contributed by atoms with E-state index < -0.39 is 0 Å². The Hall–Kier alpha value is -4.26. The Balaban J connectivity index is 1.41. The maximum Gasteiger partial charge on any atom is 0.254 e. The molecule has 38 heavy (non-hydrogen) atoms. The molecule has 4 aromatic rings. The van der Waals surface area contributed by atoms with Gasteiger partial charge in [0.2, 0.25) is 12.7 Å².